The van der Waals surface area contributed by atoms with Crippen LogP contribution in [0.2, 0.25) is 0 Å². The fourth-order valence-corrected chi connectivity index (χ4v) is 1.75. The Morgan fingerprint density at radius 3 is 2.43 bits per heavy atom. The first-order valence-corrected chi connectivity index (χ1v) is 4.90. The molecule has 78 valence electrons. The number of aliphatic hydroxyl groups excluding tert-OH is 1. The molecule has 0 heterocycles. The molecule has 0 aliphatic heterocycles. The van der Waals surface area contributed by atoms with Gasteiger partial charge in [0.2, 0.25) is 0 Å². The Balaban J connectivity index is 2.67. The van der Waals surface area contributed by atoms with E-state index in [1.165, 1.54) is 0 Å². The van der Waals surface area contributed by atoms with Gasteiger partial charge in [0.25, 0.3) is 0 Å². The minimum atomic E-state index is -4.17. The van der Waals surface area contributed by atoms with Crippen LogP contribution in [-0.4, -0.2) is 17.0 Å². The number of hydrogen-bond donors (Lipinski definition) is 1. The van der Waals surface area contributed by atoms with Gasteiger partial charge in [0.15, 0.2) is 0 Å². The Labute approximate surface area is 83.9 Å². The van der Waals surface area contributed by atoms with E-state index in [1.807, 2.05) is 0 Å². The van der Waals surface area contributed by atoms with Crippen molar-refractivity contribution in [3.05, 3.63) is 29.8 Å². The average Bonchev–Trinajstić information content (AvgIpc) is 2.14. The minimum Gasteiger partial charge on any atom is -0.392 e. The van der Waals surface area contributed by atoms with Crippen molar-refractivity contribution in [1.29, 1.82) is 0 Å². The molecule has 0 saturated heterocycles. The van der Waals surface area contributed by atoms with Gasteiger partial charge in [0.05, 0.1) is 12.4 Å². The molecule has 14 heavy (non-hydrogen) atoms. The van der Waals surface area contributed by atoms with Gasteiger partial charge in [0.1, 0.15) is 0 Å². The number of thioether (sulfide) groups is 1. The molecule has 1 aromatic carbocycles. The number of aliphatic hydroxyl groups is 1. The van der Waals surface area contributed by atoms with Gasteiger partial charge < -0.3 is 5.11 Å². The van der Waals surface area contributed by atoms with Crippen LogP contribution < -0.4 is 0 Å². The third-order valence-electron chi connectivity index (χ3n) is 1.53. The van der Waals surface area contributed by atoms with Crippen molar-refractivity contribution in [1.82, 2.24) is 0 Å². The molecule has 0 amide bonds. The highest BCUT2D eigenvalue weighted by molar-refractivity contribution is 7.99. The number of benzene rings is 1. The zero-order valence-corrected chi connectivity index (χ0v) is 8.03. The largest absolute Gasteiger partial charge is 0.398 e. The van der Waals surface area contributed by atoms with Crippen LogP contribution in [-0.2, 0) is 6.61 Å². The molecule has 0 spiro atoms. The van der Waals surface area contributed by atoms with E-state index < -0.39 is 11.9 Å². The summed E-state index contributed by atoms with van der Waals surface area (Å²) in [5.41, 5.74) is 0.529. The summed E-state index contributed by atoms with van der Waals surface area (Å²) in [6, 6.07) is 6.52. The van der Waals surface area contributed by atoms with Gasteiger partial charge in [-0.15, -0.1) is 11.8 Å². The van der Waals surface area contributed by atoms with Crippen LogP contribution in [0.1, 0.15) is 5.56 Å². The summed E-state index contributed by atoms with van der Waals surface area (Å²) in [6.07, 6.45) is -4.17. The molecule has 1 aromatic rings. The van der Waals surface area contributed by atoms with Gasteiger partial charge in [-0.05, 0) is 11.6 Å². The second-order valence-electron chi connectivity index (χ2n) is 2.67. The van der Waals surface area contributed by atoms with E-state index in [9.17, 15) is 13.2 Å². The second-order valence-corrected chi connectivity index (χ2v) is 3.69. The van der Waals surface area contributed by atoms with Crippen molar-refractivity contribution in [2.24, 2.45) is 0 Å². The predicted molar refractivity (Wildman–Crippen MR) is 49.1 cm³/mol. The smallest absolute Gasteiger partial charge is 0.392 e. The molecule has 0 aliphatic carbocycles. The molecule has 1 rings (SSSR count). The number of rotatable bonds is 3. The van der Waals surface area contributed by atoms with Crippen LogP contribution in [0.5, 0.6) is 0 Å². The van der Waals surface area contributed by atoms with Crippen molar-refractivity contribution in [3.63, 3.8) is 0 Å². The molecule has 0 fully saturated rings. The van der Waals surface area contributed by atoms with Crippen LogP contribution in [0.15, 0.2) is 29.2 Å². The van der Waals surface area contributed by atoms with Gasteiger partial charge in [0, 0.05) is 4.90 Å². The molecule has 0 radical (unpaired) electrons. The van der Waals surface area contributed by atoms with Crippen LogP contribution in [0.4, 0.5) is 13.2 Å². The monoisotopic (exact) mass is 222 g/mol. The summed E-state index contributed by atoms with van der Waals surface area (Å²) < 4.78 is 35.7. The minimum absolute atomic E-state index is 0.235. The topological polar surface area (TPSA) is 20.2 Å². The number of halogens is 3. The maximum absolute atomic E-state index is 11.9. The standard InChI is InChI=1S/C9H9F3OS/c10-9(11,12)6-14-8-4-2-1-3-7(8)5-13/h1-4,13H,5-6H2. The summed E-state index contributed by atoms with van der Waals surface area (Å²) in [6.45, 7) is -0.235. The molecule has 0 aromatic heterocycles. The molecule has 0 unspecified atom stereocenters. The fraction of sp³-hybridized carbons (Fsp3) is 0.333. The van der Waals surface area contributed by atoms with Crippen molar-refractivity contribution >= 4 is 11.8 Å². The van der Waals surface area contributed by atoms with E-state index in [2.05, 4.69) is 0 Å². The molecule has 0 saturated carbocycles. The summed E-state index contributed by atoms with van der Waals surface area (Å²) in [5.74, 6) is -0.927. The maximum atomic E-state index is 11.9. The number of alkyl halides is 3. The van der Waals surface area contributed by atoms with Crippen molar-refractivity contribution in [2.45, 2.75) is 17.7 Å². The van der Waals surface area contributed by atoms with E-state index >= 15 is 0 Å². The lowest BCUT2D eigenvalue weighted by Crippen LogP contribution is -2.10. The van der Waals surface area contributed by atoms with Crippen molar-refractivity contribution < 1.29 is 18.3 Å². The Hall–Kier alpha value is -0.680. The molecule has 1 nitrogen and oxygen atoms in total. The molecule has 0 aliphatic rings. The van der Waals surface area contributed by atoms with E-state index in [4.69, 9.17) is 5.11 Å². The van der Waals surface area contributed by atoms with Crippen LogP contribution in [0.3, 0.4) is 0 Å². The number of hydrogen-bond acceptors (Lipinski definition) is 2. The maximum Gasteiger partial charge on any atom is 0.398 e. The van der Waals surface area contributed by atoms with Crippen LogP contribution >= 0.6 is 11.8 Å². The van der Waals surface area contributed by atoms with E-state index in [1.54, 1.807) is 24.3 Å². The van der Waals surface area contributed by atoms with Crippen molar-refractivity contribution in [2.75, 3.05) is 5.75 Å². The summed E-state index contributed by atoms with van der Waals surface area (Å²) >= 11 is 0.694. The molecule has 0 atom stereocenters. The lowest BCUT2D eigenvalue weighted by Gasteiger charge is -2.08. The second kappa shape index (κ2) is 4.70. The molecule has 0 bridgehead atoms. The third-order valence-corrected chi connectivity index (χ3v) is 2.72. The lowest BCUT2D eigenvalue weighted by molar-refractivity contribution is -0.105. The fourth-order valence-electron chi connectivity index (χ4n) is 0.935. The Bertz CT molecular complexity index is 298. The SMILES string of the molecule is OCc1ccccc1SCC(F)(F)F. The van der Waals surface area contributed by atoms with Crippen molar-refractivity contribution in [3.8, 4) is 0 Å². The summed E-state index contributed by atoms with van der Waals surface area (Å²) in [5, 5.41) is 8.85. The first kappa shape index (κ1) is 11.4. The summed E-state index contributed by atoms with van der Waals surface area (Å²) in [7, 11) is 0. The highest BCUT2D eigenvalue weighted by Crippen LogP contribution is 2.29. The van der Waals surface area contributed by atoms with E-state index in [0.29, 0.717) is 22.2 Å². The van der Waals surface area contributed by atoms with Gasteiger partial charge in [-0.2, -0.15) is 13.2 Å². The highest BCUT2D eigenvalue weighted by Gasteiger charge is 2.27. The quantitative estimate of drug-likeness (QED) is 0.793. The lowest BCUT2D eigenvalue weighted by atomic mass is 10.2. The van der Waals surface area contributed by atoms with Crippen LogP contribution in [0, 0.1) is 0 Å². The molecule has 5 heteroatoms. The average molecular weight is 222 g/mol. The van der Waals surface area contributed by atoms with E-state index in [-0.39, 0.29) is 6.61 Å². The van der Waals surface area contributed by atoms with E-state index in [0.717, 1.165) is 0 Å². The Morgan fingerprint density at radius 1 is 1.21 bits per heavy atom. The van der Waals surface area contributed by atoms with Gasteiger partial charge in [-0.25, -0.2) is 0 Å². The zero-order chi connectivity index (χ0) is 10.6. The molecular formula is C9H9F3OS. The van der Waals surface area contributed by atoms with Gasteiger partial charge >= 0.3 is 6.18 Å². The predicted octanol–water partition coefficient (Wildman–Crippen LogP) is 2.83. The first-order valence-electron chi connectivity index (χ1n) is 3.91. The summed E-state index contributed by atoms with van der Waals surface area (Å²) in [4.78, 5) is 0.479. The highest BCUT2D eigenvalue weighted by atomic mass is 32.2. The van der Waals surface area contributed by atoms with Crippen LogP contribution in [0.25, 0.3) is 0 Å². The molecule has 1 N–H and O–H groups in total. The zero-order valence-electron chi connectivity index (χ0n) is 7.21. The van der Waals surface area contributed by atoms with Gasteiger partial charge in [-0.3, -0.25) is 0 Å². The van der Waals surface area contributed by atoms with Gasteiger partial charge in [-0.1, -0.05) is 18.2 Å². The normalized spacial score (nSPS) is 11.7. The molecular weight excluding hydrogens is 213 g/mol. The first-order chi connectivity index (χ1) is 6.53. The third kappa shape index (κ3) is 3.59. The Kier molecular flexibility index (Phi) is 3.83. The Morgan fingerprint density at radius 2 is 1.86 bits per heavy atom.